The van der Waals surface area contributed by atoms with Gasteiger partial charge in [0.15, 0.2) is 9.84 Å². The molecule has 4 nitrogen and oxygen atoms in total. The summed E-state index contributed by atoms with van der Waals surface area (Å²) in [5.74, 6) is 1.35. The van der Waals surface area contributed by atoms with Crippen molar-refractivity contribution in [2.24, 2.45) is 11.7 Å². The fraction of sp³-hybridized carbons (Fsp3) is 1.00. The highest BCUT2D eigenvalue weighted by Crippen LogP contribution is 2.23. The topological polar surface area (TPSA) is 72.2 Å². The van der Waals surface area contributed by atoms with Crippen LogP contribution in [0.15, 0.2) is 0 Å². The molecule has 1 heterocycles. The van der Waals surface area contributed by atoms with E-state index < -0.39 is 9.84 Å². The predicted molar refractivity (Wildman–Crippen MR) is 76.4 cm³/mol. The van der Waals surface area contributed by atoms with Crippen molar-refractivity contribution in [3.05, 3.63) is 0 Å². The van der Waals surface area contributed by atoms with Gasteiger partial charge in [-0.25, -0.2) is 8.42 Å². The van der Waals surface area contributed by atoms with Crippen LogP contribution >= 0.6 is 0 Å². The van der Waals surface area contributed by atoms with Gasteiger partial charge in [0.1, 0.15) is 0 Å². The van der Waals surface area contributed by atoms with Crippen LogP contribution in [-0.4, -0.2) is 38.6 Å². The van der Waals surface area contributed by atoms with E-state index in [9.17, 15) is 8.42 Å². The fourth-order valence-electron chi connectivity index (χ4n) is 2.72. The zero-order valence-electron chi connectivity index (χ0n) is 11.7. The molecule has 1 rings (SSSR count). The average Bonchev–Trinajstić information content (AvgIpc) is 2.58. The minimum atomic E-state index is -2.80. The summed E-state index contributed by atoms with van der Waals surface area (Å²) in [5.41, 5.74) is 5.38. The molecular weight excluding hydrogens is 248 g/mol. The third-order valence-corrected chi connectivity index (χ3v) is 5.90. The van der Waals surface area contributed by atoms with Crippen molar-refractivity contribution in [1.29, 1.82) is 0 Å². The Morgan fingerprint density at radius 3 is 2.61 bits per heavy atom. The molecular formula is C13H28N2O2S. The van der Waals surface area contributed by atoms with Crippen molar-refractivity contribution >= 4 is 9.84 Å². The lowest BCUT2D eigenvalue weighted by atomic mass is 9.96. The van der Waals surface area contributed by atoms with Gasteiger partial charge in [-0.15, -0.1) is 0 Å². The van der Waals surface area contributed by atoms with Crippen LogP contribution in [0, 0.1) is 5.92 Å². The molecule has 0 radical (unpaired) electrons. The first-order chi connectivity index (χ1) is 8.41. The Morgan fingerprint density at radius 1 is 1.39 bits per heavy atom. The van der Waals surface area contributed by atoms with Crippen LogP contribution < -0.4 is 11.1 Å². The van der Waals surface area contributed by atoms with Gasteiger partial charge in [0.05, 0.1) is 11.5 Å². The second-order valence-electron chi connectivity index (χ2n) is 5.82. The fourth-order valence-corrected chi connectivity index (χ4v) is 4.84. The summed E-state index contributed by atoms with van der Waals surface area (Å²) in [6.07, 6.45) is 5.32. The molecule has 3 N–H and O–H groups in total. The van der Waals surface area contributed by atoms with E-state index in [1.165, 1.54) is 12.8 Å². The van der Waals surface area contributed by atoms with Gasteiger partial charge in [0.2, 0.25) is 0 Å². The molecule has 1 saturated heterocycles. The maximum atomic E-state index is 11.5. The van der Waals surface area contributed by atoms with Gasteiger partial charge in [-0.2, -0.15) is 0 Å². The molecule has 0 aliphatic carbocycles. The Bertz CT molecular complexity index is 343. The molecule has 18 heavy (non-hydrogen) atoms. The van der Waals surface area contributed by atoms with E-state index >= 15 is 0 Å². The summed E-state index contributed by atoms with van der Waals surface area (Å²) >= 11 is 0. The molecule has 1 aliphatic heterocycles. The Labute approximate surface area is 112 Å². The Hall–Kier alpha value is -0.130. The number of nitrogens with one attached hydrogen (secondary N) is 1. The Balaban J connectivity index is 2.22. The van der Waals surface area contributed by atoms with Crippen LogP contribution in [0.5, 0.6) is 0 Å². The first kappa shape index (κ1) is 15.9. The van der Waals surface area contributed by atoms with Crippen LogP contribution in [0.1, 0.15) is 46.0 Å². The molecule has 1 aliphatic rings. The SMILES string of the molecule is CCC(CCN)CCCNC1(C)CCS(=O)(=O)C1. The normalized spacial score (nSPS) is 28.4. The second-order valence-corrected chi connectivity index (χ2v) is 8.01. The number of nitrogens with two attached hydrogens (primary N) is 1. The van der Waals surface area contributed by atoms with E-state index in [0.29, 0.717) is 11.5 Å². The highest BCUT2D eigenvalue weighted by molar-refractivity contribution is 7.91. The van der Waals surface area contributed by atoms with Crippen molar-refractivity contribution < 1.29 is 8.42 Å². The second kappa shape index (κ2) is 6.87. The van der Waals surface area contributed by atoms with Crippen molar-refractivity contribution in [1.82, 2.24) is 5.32 Å². The van der Waals surface area contributed by atoms with E-state index in [1.54, 1.807) is 0 Å². The molecule has 2 unspecified atom stereocenters. The molecule has 0 saturated carbocycles. The highest BCUT2D eigenvalue weighted by Gasteiger charge is 2.37. The first-order valence-corrected chi connectivity index (χ1v) is 8.88. The van der Waals surface area contributed by atoms with Gasteiger partial charge < -0.3 is 11.1 Å². The van der Waals surface area contributed by atoms with Gasteiger partial charge in [0, 0.05) is 5.54 Å². The molecule has 0 aromatic rings. The summed E-state index contributed by atoms with van der Waals surface area (Å²) in [6.45, 7) is 5.91. The summed E-state index contributed by atoms with van der Waals surface area (Å²) in [4.78, 5) is 0. The molecule has 0 amide bonds. The lowest BCUT2D eigenvalue weighted by Crippen LogP contribution is -2.43. The van der Waals surface area contributed by atoms with Crippen LogP contribution in [0.2, 0.25) is 0 Å². The Morgan fingerprint density at radius 2 is 2.11 bits per heavy atom. The van der Waals surface area contributed by atoms with Gasteiger partial charge in [-0.05, 0) is 51.6 Å². The van der Waals surface area contributed by atoms with Crippen LogP contribution in [0.3, 0.4) is 0 Å². The van der Waals surface area contributed by atoms with E-state index in [0.717, 1.165) is 38.3 Å². The highest BCUT2D eigenvalue weighted by atomic mass is 32.2. The number of hydrogen-bond donors (Lipinski definition) is 2. The number of hydrogen-bond acceptors (Lipinski definition) is 4. The standard InChI is InChI=1S/C13H28N2O2S/c1-3-12(6-8-14)5-4-9-15-13(2)7-10-18(16,17)11-13/h12,15H,3-11,14H2,1-2H3. The van der Waals surface area contributed by atoms with Crippen LogP contribution in [-0.2, 0) is 9.84 Å². The van der Waals surface area contributed by atoms with Gasteiger partial charge in [0.25, 0.3) is 0 Å². The zero-order chi connectivity index (χ0) is 13.6. The van der Waals surface area contributed by atoms with E-state index in [2.05, 4.69) is 12.2 Å². The van der Waals surface area contributed by atoms with Gasteiger partial charge in [-0.3, -0.25) is 0 Å². The minimum Gasteiger partial charge on any atom is -0.330 e. The van der Waals surface area contributed by atoms with E-state index in [1.807, 2.05) is 6.92 Å². The van der Waals surface area contributed by atoms with Crippen molar-refractivity contribution in [3.8, 4) is 0 Å². The molecule has 0 aromatic carbocycles. The summed E-state index contributed by atoms with van der Waals surface area (Å²) in [5, 5.41) is 3.42. The van der Waals surface area contributed by atoms with E-state index in [-0.39, 0.29) is 5.54 Å². The molecule has 1 fully saturated rings. The number of sulfone groups is 1. The molecule has 5 heteroatoms. The summed E-state index contributed by atoms with van der Waals surface area (Å²) < 4.78 is 22.9. The summed E-state index contributed by atoms with van der Waals surface area (Å²) in [7, 11) is -2.80. The van der Waals surface area contributed by atoms with Crippen molar-refractivity contribution in [2.45, 2.75) is 51.5 Å². The average molecular weight is 276 g/mol. The van der Waals surface area contributed by atoms with Gasteiger partial charge >= 0.3 is 0 Å². The first-order valence-electron chi connectivity index (χ1n) is 7.06. The quantitative estimate of drug-likeness (QED) is 0.656. The molecule has 0 spiro atoms. The largest absolute Gasteiger partial charge is 0.330 e. The van der Waals surface area contributed by atoms with Crippen LogP contribution in [0.4, 0.5) is 0 Å². The zero-order valence-corrected chi connectivity index (χ0v) is 12.6. The number of rotatable bonds is 8. The van der Waals surface area contributed by atoms with E-state index in [4.69, 9.17) is 5.73 Å². The third-order valence-electron chi connectivity index (χ3n) is 4.00. The smallest absolute Gasteiger partial charge is 0.152 e. The maximum absolute atomic E-state index is 11.5. The minimum absolute atomic E-state index is 0.200. The van der Waals surface area contributed by atoms with Crippen molar-refractivity contribution in [2.75, 3.05) is 24.6 Å². The lowest BCUT2D eigenvalue weighted by Gasteiger charge is -2.24. The molecule has 108 valence electrons. The monoisotopic (exact) mass is 276 g/mol. The lowest BCUT2D eigenvalue weighted by molar-refractivity contribution is 0.367. The van der Waals surface area contributed by atoms with Crippen LogP contribution in [0.25, 0.3) is 0 Å². The molecule has 0 bridgehead atoms. The predicted octanol–water partition coefficient (Wildman–Crippen LogP) is 1.31. The van der Waals surface area contributed by atoms with Gasteiger partial charge in [-0.1, -0.05) is 13.3 Å². The molecule has 2 atom stereocenters. The molecule has 0 aromatic heterocycles. The van der Waals surface area contributed by atoms with Crippen molar-refractivity contribution in [3.63, 3.8) is 0 Å². The maximum Gasteiger partial charge on any atom is 0.152 e. The Kier molecular flexibility index (Phi) is 6.08. The third kappa shape index (κ3) is 5.24. The summed E-state index contributed by atoms with van der Waals surface area (Å²) in [6, 6.07) is 0.